The molecular formula is C27H25Cl2N5O3S. The quantitative estimate of drug-likeness (QED) is 0.229. The van der Waals surface area contributed by atoms with Crippen LogP contribution >= 0.6 is 35.0 Å². The number of carbonyl (C=O) groups is 2. The first-order valence-electron chi connectivity index (χ1n) is 11.7. The molecule has 1 aromatic heterocycles. The molecule has 4 rings (SSSR count). The van der Waals surface area contributed by atoms with Crippen LogP contribution in [0, 0.1) is 6.92 Å². The highest BCUT2D eigenvalue weighted by Crippen LogP contribution is 2.24. The Morgan fingerprint density at radius 2 is 1.82 bits per heavy atom. The van der Waals surface area contributed by atoms with E-state index in [1.165, 1.54) is 17.8 Å². The Balaban J connectivity index is 1.48. The van der Waals surface area contributed by atoms with Crippen LogP contribution in [0.4, 0.5) is 5.69 Å². The summed E-state index contributed by atoms with van der Waals surface area (Å²) < 4.78 is 7.26. The summed E-state index contributed by atoms with van der Waals surface area (Å²) in [5.74, 6) is 0.769. The van der Waals surface area contributed by atoms with Crippen LogP contribution in [-0.2, 0) is 11.3 Å². The van der Waals surface area contributed by atoms with Gasteiger partial charge in [-0.1, -0.05) is 47.1 Å². The molecule has 0 spiro atoms. The highest BCUT2D eigenvalue weighted by molar-refractivity contribution is 7.99. The Morgan fingerprint density at radius 3 is 2.55 bits per heavy atom. The van der Waals surface area contributed by atoms with Crippen molar-refractivity contribution < 1.29 is 14.3 Å². The first-order chi connectivity index (χ1) is 18.3. The summed E-state index contributed by atoms with van der Waals surface area (Å²) >= 11 is 13.4. The maximum absolute atomic E-state index is 12.8. The standard InChI is InChI=1S/C27H25Cl2N5O3S/c1-3-37-21-10-8-19(9-11-21)31-25(35)16-38-27-33-32-24(34(27)20-6-4-5-17(2)13-20)15-30-26(36)22-14-18(28)7-12-23(22)29/h4-14H,3,15-16H2,1-2H3,(H,30,36)(H,31,35). The maximum Gasteiger partial charge on any atom is 0.253 e. The van der Waals surface area contributed by atoms with E-state index in [-0.39, 0.29) is 29.7 Å². The molecule has 0 atom stereocenters. The smallest absolute Gasteiger partial charge is 0.253 e. The molecule has 196 valence electrons. The molecule has 1 heterocycles. The van der Waals surface area contributed by atoms with Crippen molar-refractivity contribution >= 4 is 52.5 Å². The van der Waals surface area contributed by atoms with Gasteiger partial charge < -0.3 is 15.4 Å². The third kappa shape index (κ3) is 7.06. The van der Waals surface area contributed by atoms with Crippen molar-refractivity contribution in [2.75, 3.05) is 17.7 Å². The number of nitrogens with zero attached hydrogens (tertiary/aromatic N) is 3. The van der Waals surface area contributed by atoms with Crippen molar-refractivity contribution in [2.24, 2.45) is 0 Å². The van der Waals surface area contributed by atoms with Crippen molar-refractivity contribution in [3.8, 4) is 11.4 Å². The number of amides is 2. The largest absolute Gasteiger partial charge is 0.494 e. The number of halogens is 2. The lowest BCUT2D eigenvalue weighted by Crippen LogP contribution is -2.25. The molecule has 2 amide bonds. The molecule has 0 bridgehead atoms. The number of ether oxygens (including phenoxy) is 1. The minimum atomic E-state index is -0.389. The number of thioether (sulfide) groups is 1. The van der Waals surface area contributed by atoms with Crippen LogP contribution in [0.1, 0.15) is 28.7 Å². The van der Waals surface area contributed by atoms with Crippen molar-refractivity contribution in [2.45, 2.75) is 25.5 Å². The fourth-order valence-electron chi connectivity index (χ4n) is 3.59. The second kappa shape index (κ2) is 12.8. The average Bonchev–Trinajstić information content (AvgIpc) is 3.31. The van der Waals surface area contributed by atoms with Crippen LogP contribution in [0.25, 0.3) is 5.69 Å². The van der Waals surface area contributed by atoms with Gasteiger partial charge in [-0.05, 0) is 74.0 Å². The van der Waals surface area contributed by atoms with Gasteiger partial charge in [0, 0.05) is 16.4 Å². The van der Waals surface area contributed by atoms with Crippen LogP contribution < -0.4 is 15.4 Å². The number of aryl methyl sites for hydroxylation is 1. The topological polar surface area (TPSA) is 98.1 Å². The van der Waals surface area contributed by atoms with Crippen molar-refractivity contribution in [3.63, 3.8) is 0 Å². The van der Waals surface area contributed by atoms with Crippen molar-refractivity contribution in [1.82, 2.24) is 20.1 Å². The van der Waals surface area contributed by atoms with Crippen LogP contribution in [-0.4, -0.2) is 38.9 Å². The fraction of sp³-hybridized carbons (Fsp3) is 0.185. The summed E-state index contributed by atoms with van der Waals surface area (Å²) in [7, 11) is 0. The van der Waals surface area contributed by atoms with E-state index in [0.29, 0.717) is 33.3 Å². The molecule has 0 aliphatic heterocycles. The molecule has 0 aliphatic rings. The average molecular weight is 571 g/mol. The van der Waals surface area contributed by atoms with E-state index in [1.54, 1.807) is 36.4 Å². The van der Waals surface area contributed by atoms with Gasteiger partial charge in [-0.25, -0.2) is 0 Å². The van der Waals surface area contributed by atoms with Crippen molar-refractivity contribution in [1.29, 1.82) is 0 Å². The van der Waals surface area contributed by atoms with Crippen LogP contribution in [0.2, 0.25) is 10.0 Å². The van der Waals surface area contributed by atoms with Gasteiger partial charge in [0.05, 0.1) is 29.5 Å². The van der Waals surface area contributed by atoms with E-state index in [2.05, 4.69) is 20.8 Å². The Kier molecular flexibility index (Phi) is 9.28. The molecule has 8 nitrogen and oxygen atoms in total. The van der Waals surface area contributed by atoms with E-state index < -0.39 is 0 Å². The van der Waals surface area contributed by atoms with Gasteiger partial charge >= 0.3 is 0 Å². The lowest BCUT2D eigenvalue weighted by Gasteiger charge is -2.12. The van der Waals surface area contributed by atoms with Gasteiger partial charge in [0.15, 0.2) is 11.0 Å². The minimum Gasteiger partial charge on any atom is -0.494 e. The highest BCUT2D eigenvalue weighted by atomic mass is 35.5. The number of aromatic nitrogens is 3. The van der Waals surface area contributed by atoms with E-state index >= 15 is 0 Å². The molecule has 2 N–H and O–H groups in total. The molecule has 11 heteroatoms. The first kappa shape index (κ1) is 27.5. The second-order valence-corrected chi connectivity index (χ2v) is 9.96. The molecule has 0 unspecified atom stereocenters. The molecule has 4 aromatic rings. The van der Waals surface area contributed by atoms with Crippen LogP contribution in [0.3, 0.4) is 0 Å². The van der Waals surface area contributed by atoms with Crippen LogP contribution in [0.15, 0.2) is 71.9 Å². The third-order valence-electron chi connectivity index (χ3n) is 5.32. The number of anilines is 1. The number of benzene rings is 3. The molecule has 3 aromatic carbocycles. The normalized spacial score (nSPS) is 10.7. The summed E-state index contributed by atoms with van der Waals surface area (Å²) in [5, 5.41) is 15.5. The Labute approximate surface area is 234 Å². The fourth-order valence-corrected chi connectivity index (χ4v) is 4.74. The zero-order valence-corrected chi connectivity index (χ0v) is 23.0. The van der Waals surface area contributed by atoms with Crippen molar-refractivity contribution in [3.05, 3.63) is 93.7 Å². The predicted octanol–water partition coefficient (Wildman–Crippen LogP) is 5.94. The SMILES string of the molecule is CCOc1ccc(NC(=O)CSc2nnc(CNC(=O)c3cc(Cl)ccc3Cl)n2-c2cccc(C)c2)cc1. The van der Waals surface area contributed by atoms with Gasteiger partial charge in [0.1, 0.15) is 5.75 Å². The summed E-state index contributed by atoms with van der Waals surface area (Å²) in [6, 6.07) is 19.7. The molecule has 0 aliphatic carbocycles. The Bertz CT molecular complexity index is 1440. The Morgan fingerprint density at radius 1 is 1.03 bits per heavy atom. The van der Waals surface area contributed by atoms with Gasteiger partial charge in [-0.2, -0.15) is 0 Å². The van der Waals surface area contributed by atoms with Gasteiger partial charge in [-0.3, -0.25) is 14.2 Å². The minimum absolute atomic E-state index is 0.0849. The summed E-state index contributed by atoms with van der Waals surface area (Å²) in [6.07, 6.45) is 0. The summed E-state index contributed by atoms with van der Waals surface area (Å²) in [4.78, 5) is 25.4. The highest BCUT2D eigenvalue weighted by Gasteiger charge is 2.18. The molecule has 0 radical (unpaired) electrons. The monoisotopic (exact) mass is 569 g/mol. The molecule has 0 fully saturated rings. The number of hydrogen-bond acceptors (Lipinski definition) is 6. The lowest BCUT2D eigenvalue weighted by molar-refractivity contribution is -0.113. The molecule has 0 saturated heterocycles. The molecule has 38 heavy (non-hydrogen) atoms. The number of rotatable bonds is 10. The number of hydrogen-bond donors (Lipinski definition) is 2. The number of carbonyl (C=O) groups excluding carboxylic acids is 2. The molecule has 0 saturated carbocycles. The van der Waals surface area contributed by atoms with E-state index in [1.807, 2.05) is 42.7 Å². The van der Waals surface area contributed by atoms with Gasteiger partial charge in [0.25, 0.3) is 5.91 Å². The molecular weight excluding hydrogens is 545 g/mol. The first-order valence-corrected chi connectivity index (χ1v) is 13.5. The zero-order valence-electron chi connectivity index (χ0n) is 20.7. The predicted molar refractivity (Wildman–Crippen MR) is 151 cm³/mol. The van der Waals surface area contributed by atoms with E-state index in [0.717, 1.165) is 17.0 Å². The van der Waals surface area contributed by atoms with Gasteiger partial charge in [0.2, 0.25) is 5.91 Å². The van der Waals surface area contributed by atoms with Gasteiger partial charge in [-0.15, -0.1) is 10.2 Å². The van der Waals surface area contributed by atoms with E-state index in [9.17, 15) is 9.59 Å². The third-order valence-corrected chi connectivity index (χ3v) is 6.82. The second-order valence-electron chi connectivity index (χ2n) is 8.17. The maximum atomic E-state index is 12.8. The van der Waals surface area contributed by atoms with Crippen LogP contribution in [0.5, 0.6) is 5.75 Å². The summed E-state index contributed by atoms with van der Waals surface area (Å²) in [6.45, 7) is 4.55. The lowest BCUT2D eigenvalue weighted by atomic mass is 10.2. The van der Waals surface area contributed by atoms with E-state index in [4.69, 9.17) is 27.9 Å². The Hall–Kier alpha value is -3.53. The number of nitrogens with one attached hydrogen (secondary N) is 2. The summed E-state index contributed by atoms with van der Waals surface area (Å²) in [5.41, 5.74) is 2.79. The zero-order chi connectivity index (χ0) is 27.1.